The lowest BCUT2D eigenvalue weighted by molar-refractivity contribution is -0.157. The maximum absolute atomic E-state index is 14.8. The normalized spacial score (nSPS) is 15.6. The summed E-state index contributed by atoms with van der Waals surface area (Å²) in [6.07, 6.45) is -0.524. The summed E-state index contributed by atoms with van der Waals surface area (Å²) in [7, 11) is -4.30. The highest BCUT2D eigenvalue weighted by Crippen LogP contribution is 2.44. The number of aliphatic imine (C=N–C) groups is 1. The Balaban J connectivity index is 1.97. The summed E-state index contributed by atoms with van der Waals surface area (Å²) >= 11 is 0. The fraction of sp³-hybridized carbons (Fsp3) is 0.662. The predicted molar refractivity (Wildman–Crippen MR) is 404 cm³/mol. The predicted octanol–water partition coefficient (Wildman–Crippen LogP) is 3.00. The first kappa shape index (κ1) is 93.0. The van der Waals surface area contributed by atoms with E-state index in [1.165, 1.54) is 13.8 Å². The number of nitrogens with two attached hydrogens (primary N) is 3. The van der Waals surface area contributed by atoms with Crippen molar-refractivity contribution in [3.63, 3.8) is 0 Å². The molecule has 33 nitrogen and oxygen atoms in total. The molecule has 10 atom stereocenters. The van der Waals surface area contributed by atoms with Gasteiger partial charge in [0.05, 0.1) is 17.4 Å². The molecule has 1 aliphatic heterocycles. The molecule has 0 aromatic heterocycles. The van der Waals surface area contributed by atoms with Crippen molar-refractivity contribution in [2.75, 3.05) is 19.6 Å². The van der Waals surface area contributed by atoms with Crippen LogP contribution in [0.5, 0.6) is 5.75 Å². The summed E-state index contributed by atoms with van der Waals surface area (Å²) in [6, 6.07) is -4.81. The van der Waals surface area contributed by atoms with Gasteiger partial charge in [-0.1, -0.05) is 50.6 Å². The molecule has 0 aliphatic carbocycles. The average molecular weight is 1540 g/mol. The van der Waals surface area contributed by atoms with Gasteiger partial charge in [0.1, 0.15) is 76.5 Å². The van der Waals surface area contributed by atoms with Crippen LogP contribution in [0.1, 0.15) is 209 Å². The van der Waals surface area contributed by atoms with E-state index < -0.39 is 176 Å². The number of alkyl carbamates (subject to hydrolysis) is 1. The Hall–Kier alpha value is -9.18. The number of fused-ring (bicyclic) bond motifs is 1. The first-order chi connectivity index (χ1) is 50.0. The minimum Gasteiger partial charge on any atom is -0.487 e. The Kier molecular flexibility index (Phi) is 36.1. The molecule has 108 heavy (non-hydrogen) atoms. The van der Waals surface area contributed by atoms with Crippen LogP contribution in [0.4, 0.5) is 4.79 Å². The summed E-state index contributed by atoms with van der Waals surface area (Å²) in [5.41, 5.74) is 17.6. The number of guanidine groups is 1. The number of ether oxygens (including phenoxy) is 4. The molecule has 34 heteroatoms. The van der Waals surface area contributed by atoms with Crippen LogP contribution in [-0.2, 0) is 89.8 Å². The van der Waals surface area contributed by atoms with Gasteiger partial charge in [-0.3, -0.25) is 52.9 Å². The van der Waals surface area contributed by atoms with E-state index in [1.807, 2.05) is 13.8 Å². The second-order valence-electron chi connectivity index (χ2n) is 31.0. The van der Waals surface area contributed by atoms with Crippen molar-refractivity contribution in [3.8, 4) is 5.75 Å². The monoisotopic (exact) mass is 1540 g/mol. The highest BCUT2D eigenvalue weighted by molar-refractivity contribution is 7.90. The van der Waals surface area contributed by atoms with E-state index in [-0.39, 0.29) is 75.8 Å². The first-order valence-electron chi connectivity index (χ1n) is 36.7. The van der Waals surface area contributed by atoms with Crippen molar-refractivity contribution in [1.29, 1.82) is 0 Å². The molecule has 2 aromatic carbocycles. The van der Waals surface area contributed by atoms with Gasteiger partial charge in [0.25, 0.3) is 10.0 Å². The number of carbonyl (C=O) groups is 12. The molecule has 3 rings (SSSR count). The lowest BCUT2D eigenvalue weighted by Gasteiger charge is -2.29. The second-order valence-corrected chi connectivity index (χ2v) is 32.6. The molecule has 0 fully saturated rings. The lowest BCUT2D eigenvalue weighted by atomic mass is 9.94. The van der Waals surface area contributed by atoms with Crippen molar-refractivity contribution in [2.24, 2.45) is 28.1 Å². The zero-order chi connectivity index (χ0) is 82.0. The molecular formula is C74H120N14O19S. The number of esters is 2. The molecule has 0 saturated heterocycles. The van der Waals surface area contributed by atoms with Gasteiger partial charge in [0.2, 0.25) is 53.2 Å². The number of hydrogen-bond acceptors (Lipinski definition) is 21. The Bertz CT molecular complexity index is 3630. The van der Waals surface area contributed by atoms with E-state index in [9.17, 15) is 71.1 Å². The molecule has 0 saturated carbocycles. The molecule has 1 aliphatic rings. The third-order valence-electron chi connectivity index (χ3n) is 17.2. The molecule has 606 valence electrons. The number of benzene rings is 2. The van der Waals surface area contributed by atoms with Crippen LogP contribution in [0.3, 0.4) is 0 Å². The highest BCUT2D eigenvalue weighted by atomic mass is 32.2. The largest absolute Gasteiger partial charge is 0.487 e. The van der Waals surface area contributed by atoms with Gasteiger partial charge in [0.15, 0.2) is 0 Å². The topological polar surface area (TPSA) is 507 Å². The maximum Gasteiger partial charge on any atom is 0.407 e. The third-order valence-corrected chi connectivity index (χ3v) is 18.8. The van der Waals surface area contributed by atoms with Gasteiger partial charge in [-0.05, 0) is 203 Å². The van der Waals surface area contributed by atoms with Crippen LogP contribution >= 0.6 is 0 Å². The fourth-order valence-corrected chi connectivity index (χ4v) is 12.9. The average Bonchev–Trinajstić information content (AvgIpc) is 1.54. The molecule has 0 unspecified atom stereocenters. The molecule has 0 radical (unpaired) electrons. The van der Waals surface area contributed by atoms with E-state index in [0.717, 1.165) is 5.56 Å². The summed E-state index contributed by atoms with van der Waals surface area (Å²) < 4.78 is 52.6. The quantitative estimate of drug-likeness (QED) is 0.0150. The third kappa shape index (κ3) is 32.3. The van der Waals surface area contributed by atoms with Gasteiger partial charge < -0.3 is 89.1 Å². The number of rotatable bonds is 41. The minimum absolute atomic E-state index is 0.0161. The number of unbranched alkanes of at least 4 members (excludes halogenated alkanes) is 2. The number of nitrogens with zero attached hydrogens (tertiary/aromatic N) is 1. The van der Waals surface area contributed by atoms with Crippen molar-refractivity contribution in [3.05, 3.63) is 58.1 Å². The highest BCUT2D eigenvalue weighted by Gasteiger charge is 2.40. The Morgan fingerprint density at radius 3 is 1.66 bits per heavy atom. The Morgan fingerprint density at radius 1 is 0.593 bits per heavy atom. The number of carboxylic acid groups (broad SMARTS) is 1. The number of carboxylic acids is 1. The number of hydrogen-bond donors (Lipinski definition) is 14. The minimum atomic E-state index is -4.30. The zero-order valence-electron chi connectivity index (χ0n) is 66.1. The van der Waals surface area contributed by atoms with Crippen LogP contribution in [0.15, 0.2) is 40.2 Å². The summed E-state index contributed by atoms with van der Waals surface area (Å²) in [5.74, 6) is -10.8. The van der Waals surface area contributed by atoms with Gasteiger partial charge in [-0.2, -0.15) is 0 Å². The van der Waals surface area contributed by atoms with Crippen molar-refractivity contribution in [2.45, 2.75) is 296 Å². The summed E-state index contributed by atoms with van der Waals surface area (Å²) in [4.78, 5) is 169. The van der Waals surface area contributed by atoms with Crippen LogP contribution < -0.4 is 74.5 Å². The Labute approximate surface area is 634 Å². The van der Waals surface area contributed by atoms with Gasteiger partial charge in [0, 0.05) is 37.9 Å². The number of carbonyl (C=O) groups excluding carboxylic acids is 11. The smallest absolute Gasteiger partial charge is 0.407 e. The molecule has 0 bridgehead atoms. The maximum atomic E-state index is 14.8. The van der Waals surface area contributed by atoms with Crippen LogP contribution in [0.25, 0.3) is 0 Å². The number of amides is 9. The van der Waals surface area contributed by atoms with Crippen molar-refractivity contribution < 1.29 is 90.0 Å². The standard InChI is InChI=1S/C74H120N14O19S/c1-19-41(2)57(67(98)84-52(68(99)100)31-23-25-35-75)87-66(97)53(38-47-28-21-20-22-29-47)85-65(96)54(39-56(90)105-72(11,12)13)86-64(95)50(30-24-26-36-79-70(101)107-73(14,15)16)82-61(92)46(7)80-60(91)45(6)81-63(94)51(83-62(93)49(76)33-34-55(89)104-71(8,9)10)32-27-37-78-69(77)88-108(102,103)59-43(4)42(3)58-48(44(59)5)40-74(17,18)106-58/h20-22,28-29,41,45-46,49-54,57H,19,23-27,30-40,75-76H2,1-18H3,(H,79,101)(H,80,91)(H,81,94)(H,82,92)(H,83,93)(H,84,98)(H,85,96)(H,86,95)(H,87,97)(H,99,100)(H3,77,78,88)/t41-,45-,46-,49-,50-,51-,52-,53-,54-,57-/m0/s1. The molecular weight excluding hydrogens is 1420 g/mol. The summed E-state index contributed by atoms with van der Waals surface area (Å²) in [6.45, 7) is 29.8. The first-order valence-corrected chi connectivity index (χ1v) is 38.2. The van der Waals surface area contributed by atoms with E-state index >= 15 is 0 Å². The second kappa shape index (κ2) is 42.0. The molecule has 0 spiro atoms. The van der Waals surface area contributed by atoms with Crippen molar-refractivity contribution in [1.82, 2.24) is 52.6 Å². The molecule has 9 amide bonds. The van der Waals surface area contributed by atoms with E-state index in [0.29, 0.717) is 60.2 Å². The molecule has 17 N–H and O–H groups in total. The Morgan fingerprint density at radius 2 is 1.08 bits per heavy atom. The summed E-state index contributed by atoms with van der Waals surface area (Å²) in [5, 5.41) is 33.2. The van der Waals surface area contributed by atoms with Gasteiger partial charge in [-0.15, -0.1) is 0 Å². The number of aliphatic carboxylic acids is 1. The van der Waals surface area contributed by atoms with Crippen LogP contribution in [0, 0.1) is 26.7 Å². The zero-order valence-corrected chi connectivity index (χ0v) is 66.9. The van der Waals surface area contributed by atoms with Crippen LogP contribution in [-0.4, -0.2) is 187 Å². The molecule has 1 heterocycles. The SMILES string of the molecule is CC[C@H](C)[C@H](NC(=O)[C@H](Cc1ccccc1)NC(=O)[C@H](CC(=O)OC(C)(C)C)NC(=O)[C@H](CCCCNC(=O)OC(C)(C)C)NC(=O)[C@H](C)NC(=O)[C@H](C)NC(=O)[C@H](CCCN=C(N)NS(=O)(=O)c1c(C)c(C)c2c(c1C)CC(C)(C)O2)NC(=O)[C@@H](N)CCC(=O)OC(C)(C)C)C(=O)N[C@@H](CCCCN)C(=O)O. The van der Waals surface area contributed by atoms with E-state index in [2.05, 4.69) is 57.6 Å². The van der Waals surface area contributed by atoms with E-state index in [1.54, 1.807) is 127 Å². The lowest BCUT2D eigenvalue weighted by Crippen LogP contribution is -2.61. The van der Waals surface area contributed by atoms with Crippen LogP contribution in [0.2, 0.25) is 0 Å². The van der Waals surface area contributed by atoms with Gasteiger partial charge >= 0.3 is 24.0 Å². The molecule has 2 aromatic rings. The number of nitrogens with one attached hydrogen (secondary N) is 10. The number of sulfonamides is 1. The van der Waals surface area contributed by atoms with Crippen molar-refractivity contribution >= 4 is 87.2 Å². The van der Waals surface area contributed by atoms with E-state index in [4.69, 9.17) is 36.1 Å². The fourth-order valence-electron chi connectivity index (χ4n) is 11.4. The van der Waals surface area contributed by atoms with Gasteiger partial charge in [-0.25, -0.2) is 22.7 Å².